The molecule has 9 heteroatoms. The molecule has 1 heterocycles. The van der Waals surface area contributed by atoms with E-state index in [0.29, 0.717) is 16.6 Å². The van der Waals surface area contributed by atoms with Gasteiger partial charge in [0.25, 0.3) is 10.0 Å². The highest BCUT2D eigenvalue weighted by Crippen LogP contribution is 2.42. The van der Waals surface area contributed by atoms with E-state index in [2.05, 4.69) is 5.32 Å². The van der Waals surface area contributed by atoms with Gasteiger partial charge in [-0.25, -0.2) is 12.8 Å². The van der Waals surface area contributed by atoms with E-state index in [0.717, 1.165) is 43.1 Å². The van der Waals surface area contributed by atoms with Gasteiger partial charge >= 0.3 is 0 Å². The lowest BCUT2D eigenvalue weighted by molar-refractivity contribution is -0.141. The van der Waals surface area contributed by atoms with Crippen molar-refractivity contribution in [1.29, 1.82) is 0 Å². The summed E-state index contributed by atoms with van der Waals surface area (Å²) in [6.45, 7) is 0.0287. The second-order valence-corrected chi connectivity index (χ2v) is 13.8. The van der Waals surface area contributed by atoms with Gasteiger partial charge in [0.1, 0.15) is 11.9 Å². The fraction of sp³-hybridized carbons (Fsp3) is 0.333. The van der Waals surface area contributed by atoms with Crippen LogP contribution in [0.1, 0.15) is 56.1 Å². The van der Waals surface area contributed by atoms with E-state index in [1.165, 1.54) is 15.3 Å². The molecule has 0 aromatic heterocycles. The van der Waals surface area contributed by atoms with E-state index < -0.39 is 21.9 Å². The van der Waals surface area contributed by atoms with E-state index in [1.807, 2.05) is 48.5 Å². The van der Waals surface area contributed by atoms with Crippen molar-refractivity contribution >= 4 is 38.3 Å². The Morgan fingerprint density at radius 2 is 1.60 bits per heavy atom. The molecule has 7 nitrogen and oxygen atoms in total. The Bertz CT molecular complexity index is 1790. The topological polar surface area (TPSA) is 86.8 Å². The van der Waals surface area contributed by atoms with E-state index in [9.17, 15) is 22.4 Å². The van der Waals surface area contributed by atoms with Gasteiger partial charge in [0.05, 0.1) is 10.6 Å². The van der Waals surface area contributed by atoms with Crippen LogP contribution < -0.4 is 9.62 Å². The molecule has 0 unspecified atom stereocenters. The Kier molecular flexibility index (Phi) is 9.16. The number of carbonyl (C=O) groups excluding carboxylic acids is 2. The molecule has 1 atom stereocenters. The minimum absolute atomic E-state index is 0.00517. The minimum atomic E-state index is -3.76. The normalized spacial score (nSPS) is 16.4. The molecule has 1 fully saturated rings. The summed E-state index contributed by atoms with van der Waals surface area (Å²) in [7, 11) is -3.76. The van der Waals surface area contributed by atoms with Crippen LogP contribution in [0.2, 0.25) is 0 Å². The first-order valence-electron chi connectivity index (χ1n) is 15.7. The van der Waals surface area contributed by atoms with Gasteiger partial charge in [-0.2, -0.15) is 0 Å². The zero-order valence-corrected chi connectivity index (χ0v) is 26.0. The van der Waals surface area contributed by atoms with Gasteiger partial charge in [-0.1, -0.05) is 92.1 Å². The van der Waals surface area contributed by atoms with Crippen molar-refractivity contribution in [2.75, 3.05) is 10.8 Å². The Morgan fingerprint density at radius 3 is 2.36 bits per heavy atom. The lowest BCUT2D eigenvalue weighted by Gasteiger charge is -2.33. The molecule has 0 bridgehead atoms. The van der Waals surface area contributed by atoms with Gasteiger partial charge in [-0.3, -0.25) is 13.9 Å². The summed E-state index contributed by atoms with van der Waals surface area (Å²) in [6, 6.07) is 25.7. The summed E-state index contributed by atoms with van der Waals surface area (Å²) < 4.78 is 43.3. The third-order valence-corrected chi connectivity index (χ3v) is 10.8. The SMILES string of the molecule is O=C(NC1CCCCC1)[C@H](Cc1ccccc1)N(Cc1ccccc1F)C(=O)CCCN1c2cccc3cccc(c23)S1(=O)=O. The van der Waals surface area contributed by atoms with Crippen LogP contribution in [0, 0.1) is 5.82 Å². The fourth-order valence-electron chi connectivity index (χ4n) is 6.62. The van der Waals surface area contributed by atoms with Crippen LogP contribution in [0.5, 0.6) is 0 Å². The van der Waals surface area contributed by atoms with Crippen molar-refractivity contribution in [3.05, 3.63) is 108 Å². The number of carbonyl (C=O) groups is 2. The first-order chi connectivity index (χ1) is 21.8. The molecule has 6 rings (SSSR count). The zero-order chi connectivity index (χ0) is 31.4. The molecule has 234 valence electrons. The molecule has 1 aliphatic heterocycles. The van der Waals surface area contributed by atoms with Crippen LogP contribution in [-0.4, -0.2) is 43.8 Å². The average Bonchev–Trinajstić information content (AvgIpc) is 3.27. The van der Waals surface area contributed by atoms with Crippen LogP contribution >= 0.6 is 0 Å². The van der Waals surface area contributed by atoms with Gasteiger partial charge in [-0.05, 0) is 48.4 Å². The Balaban J connectivity index is 1.25. The van der Waals surface area contributed by atoms with Crippen LogP contribution in [0.25, 0.3) is 10.8 Å². The largest absolute Gasteiger partial charge is 0.352 e. The summed E-state index contributed by atoms with van der Waals surface area (Å²) in [5.74, 6) is -1.03. The van der Waals surface area contributed by atoms with Crippen LogP contribution in [0.4, 0.5) is 10.1 Å². The Labute approximate surface area is 264 Å². The maximum Gasteiger partial charge on any atom is 0.265 e. The lowest BCUT2D eigenvalue weighted by atomic mass is 9.94. The quantitative estimate of drug-likeness (QED) is 0.210. The van der Waals surface area contributed by atoms with Crippen molar-refractivity contribution in [1.82, 2.24) is 10.2 Å². The molecule has 2 aliphatic rings. The number of benzene rings is 4. The van der Waals surface area contributed by atoms with Gasteiger partial charge in [0.2, 0.25) is 11.8 Å². The number of halogens is 1. The number of sulfonamides is 1. The maximum absolute atomic E-state index is 14.9. The number of hydrogen-bond acceptors (Lipinski definition) is 4. The summed E-state index contributed by atoms with van der Waals surface area (Å²) in [5.41, 5.74) is 1.81. The number of nitrogens with one attached hydrogen (secondary N) is 1. The standard InChI is InChI=1S/C36H38FN3O4S/c37-30-19-8-7-14-28(30)25-39(32(24-26-12-3-1-4-13-26)36(42)38-29-17-5-2-6-18-29)34(41)22-11-23-40-31-20-9-15-27-16-10-21-33(35(27)31)45(40,43)44/h1,3-4,7-10,12-16,19-21,29,32H,2,5-6,11,17-18,22-25H2,(H,38,42)/t32-/m0/s1. The monoisotopic (exact) mass is 627 g/mol. The molecule has 0 spiro atoms. The molecule has 4 aromatic rings. The predicted molar refractivity (Wildman–Crippen MR) is 174 cm³/mol. The summed E-state index contributed by atoms with van der Waals surface area (Å²) in [5, 5.41) is 4.73. The molecule has 1 N–H and O–H groups in total. The highest BCUT2D eigenvalue weighted by molar-refractivity contribution is 7.93. The predicted octanol–water partition coefficient (Wildman–Crippen LogP) is 6.36. The van der Waals surface area contributed by atoms with Crippen molar-refractivity contribution in [3.8, 4) is 0 Å². The molecule has 1 saturated carbocycles. The van der Waals surface area contributed by atoms with Crippen molar-refractivity contribution < 1.29 is 22.4 Å². The number of anilines is 1. The van der Waals surface area contributed by atoms with Crippen molar-refractivity contribution in [2.24, 2.45) is 0 Å². The summed E-state index contributed by atoms with van der Waals surface area (Å²) >= 11 is 0. The molecule has 2 amide bonds. The average molecular weight is 628 g/mol. The van der Waals surface area contributed by atoms with E-state index in [4.69, 9.17) is 0 Å². The van der Waals surface area contributed by atoms with Crippen LogP contribution in [0.15, 0.2) is 95.9 Å². The van der Waals surface area contributed by atoms with E-state index in [-0.39, 0.29) is 55.1 Å². The first-order valence-corrected chi connectivity index (χ1v) is 17.2. The number of nitrogens with zero attached hydrogens (tertiary/aromatic N) is 2. The molecule has 1 aliphatic carbocycles. The zero-order valence-electron chi connectivity index (χ0n) is 25.2. The summed E-state index contributed by atoms with van der Waals surface area (Å²) in [6.07, 6.45) is 5.52. The first kappa shape index (κ1) is 30.8. The van der Waals surface area contributed by atoms with Crippen LogP contribution in [0.3, 0.4) is 0 Å². The third-order valence-electron chi connectivity index (χ3n) is 8.95. The van der Waals surface area contributed by atoms with Crippen molar-refractivity contribution in [2.45, 2.75) is 74.9 Å². The van der Waals surface area contributed by atoms with E-state index in [1.54, 1.807) is 36.4 Å². The molecular formula is C36H38FN3O4S. The molecular weight excluding hydrogens is 589 g/mol. The lowest BCUT2D eigenvalue weighted by Crippen LogP contribution is -2.53. The van der Waals surface area contributed by atoms with Crippen molar-refractivity contribution in [3.63, 3.8) is 0 Å². The van der Waals surface area contributed by atoms with Gasteiger partial charge in [-0.15, -0.1) is 0 Å². The Hall–Kier alpha value is -4.24. The molecule has 4 aromatic carbocycles. The number of amides is 2. The second kappa shape index (κ2) is 13.4. The van der Waals surface area contributed by atoms with Gasteiger partial charge in [0.15, 0.2) is 0 Å². The fourth-order valence-corrected chi connectivity index (χ4v) is 8.37. The smallest absolute Gasteiger partial charge is 0.265 e. The molecule has 0 saturated heterocycles. The van der Waals surface area contributed by atoms with Gasteiger partial charge < -0.3 is 10.2 Å². The summed E-state index contributed by atoms with van der Waals surface area (Å²) in [4.78, 5) is 29.8. The highest BCUT2D eigenvalue weighted by atomic mass is 32.2. The second-order valence-electron chi connectivity index (χ2n) is 12.0. The third kappa shape index (κ3) is 6.59. The van der Waals surface area contributed by atoms with Crippen LogP contribution in [-0.2, 0) is 32.6 Å². The maximum atomic E-state index is 14.9. The highest BCUT2D eigenvalue weighted by Gasteiger charge is 2.36. The molecule has 45 heavy (non-hydrogen) atoms. The van der Waals surface area contributed by atoms with E-state index >= 15 is 0 Å². The number of rotatable bonds is 11. The van der Waals surface area contributed by atoms with Gasteiger partial charge in [0, 0.05) is 42.9 Å². The molecule has 0 radical (unpaired) electrons. The minimum Gasteiger partial charge on any atom is -0.352 e. The Morgan fingerprint density at radius 1 is 0.889 bits per heavy atom. The number of hydrogen-bond donors (Lipinski definition) is 1.